The van der Waals surface area contributed by atoms with Gasteiger partial charge in [-0.15, -0.1) is 0 Å². The van der Waals surface area contributed by atoms with Crippen molar-refractivity contribution < 1.29 is 9.21 Å². The number of anilines is 1. The smallest absolute Gasteiger partial charge is 0.258 e. The minimum Gasteiger partial charge on any atom is -0.472 e. The lowest BCUT2D eigenvalue weighted by molar-refractivity contribution is -0.121. The van der Waals surface area contributed by atoms with Crippen molar-refractivity contribution in [2.45, 2.75) is 20.4 Å². The molecule has 0 saturated carbocycles. The van der Waals surface area contributed by atoms with Crippen LogP contribution in [0.2, 0.25) is 0 Å². The molecule has 1 amide bonds. The van der Waals surface area contributed by atoms with E-state index in [0.717, 1.165) is 28.5 Å². The van der Waals surface area contributed by atoms with E-state index < -0.39 is 0 Å². The van der Waals surface area contributed by atoms with E-state index in [1.807, 2.05) is 61.9 Å². The molecule has 1 N–H and O–H groups in total. The molecular weight excluding hydrogens is 304 g/mol. The highest BCUT2D eigenvalue weighted by molar-refractivity contribution is 5.78. The molecule has 0 aliphatic rings. The van der Waals surface area contributed by atoms with Gasteiger partial charge in [0.1, 0.15) is 18.6 Å². The summed E-state index contributed by atoms with van der Waals surface area (Å²) in [6.07, 6.45) is 3.23. The summed E-state index contributed by atoms with van der Waals surface area (Å²) in [5.74, 6) is 0.614. The summed E-state index contributed by atoms with van der Waals surface area (Å²) < 4.78 is 7.04. The van der Waals surface area contributed by atoms with Crippen LogP contribution >= 0.6 is 0 Å². The van der Waals surface area contributed by atoms with Gasteiger partial charge in [-0.05, 0) is 32.0 Å². The molecule has 6 heteroatoms. The first-order valence-corrected chi connectivity index (χ1v) is 7.71. The zero-order valence-corrected chi connectivity index (χ0v) is 14.0. The van der Waals surface area contributed by atoms with E-state index in [9.17, 15) is 4.79 Å². The van der Waals surface area contributed by atoms with Gasteiger partial charge in [-0.3, -0.25) is 15.2 Å². The maximum Gasteiger partial charge on any atom is 0.258 e. The van der Waals surface area contributed by atoms with Gasteiger partial charge in [-0.1, -0.05) is 18.2 Å². The average Bonchev–Trinajstić information content (AvgIpc) is 3.20. The number of aryl methyl sites for hydroxylation is 1. The van der Waals surface area contributed by atoms with Crippen LogP contribution in [-0.2, 0) is 11.3 Å². The summed E-state index contributed by atoms with van der Waals surface area (Å²) in [4.78, 5) is 17.0. The van der Waals surface area contributed by atoms with Crippen molar-refractivity contribution in [2.75, 3.05) is 12.1 Å². The van der Waals surface area contributed by atoms with E-state index in [4.69, 9.17) is 4.42 Å². The third-order valence-corrected chi connectivity index (χ3v) is 3.97. The Bertz CT molecular complexity index is 822. The lowest BCUT2D eigenvalue weighted by atomic mass is 10.3. The van der Waals surface area contributed by atoms with Gasteiger partial charge in [0.05, 0.1) is 23.2 Å². The Balaban J connectivity index is 1.77. The Labute approximate surface area is 140 Å². The van der Waals surface area contributed by atoms with Crippen LogP contribution in [0.5, 0.6) is 0 Å². The summed E-state index contributed by atoms with van der Waals surface area (Å²) in [7, 11) is 1.82. The number of carbonyl (C=O) groups excluding carboxylic acids is 1. The van der Waals surface area contributed by atoms with Gasteiger partial charge in [-0.2, -0.15) is 0 Å². The van der Waals surface area contributed by atoms with Crippen LogP contribution in [0.1, 0.15) is 11.4 Å². The largest absolute Gasteiger partial charge is 0.472 e. The van der Waals surface area contributed by atoms with Gasteiger partial charge in [0, 0.05) is 12.7 Å². The maximum atomic E-state index is 12.5. The molecule has 3 aromatic rings. The Kier molecular flexibility index (Phi) is 4.37. The SMILES string of the molecule is Cc1nc(-c2ccoc2)n(CC(=O)NN(C)c2ccccc2)c1C. The number of nitrogens with one attached hydrogen (secondary N) is 1. The quantitative estimate of drug-likeness (QED) is 0.733. The third-order valence-electron chi connectivity index (χ3n) is 3.97. The van der Waals surface area contributed by atoms with Gasteiger partial charge in [-0.25, -0.2) is 4.98 Å². The summed E-state index contributed by atoms with van der Waals surface area (Å²) in [5.41, 5.74) is 6.51. The number of hydrogen-bond donors (Lipinski definition) is 1. The van der Waals surface area contributed by atoms with Crippen LogP contribution in [0.3, 0.4) is 0 Å². The highest BCUT2D eigenvalue weighted by atomic mass is 16.3. The molecule has 0 spiro atoms. The Morgan fingerprint density at radius 1 is 1.25 bits per heavy atom. The van der Waals surface area contributed by atoms with Crippen LogP contribution in [-0.4, -0.2) is 22.5 Å². The number of rotatable bonds is 5. The molecule has 0 saturated heterocycles. The van der Waals surface area contributed by atoms with E-state index in [2.05, 4.69) is 10.4 Å². The zero-order valence-electron chi connectivity index (χ0n) is 14.0. The first-order valence-electron chi connectivity index (χ1n) is 7.71. The topological polar surface area (TPSA) is 63.3 Å². The van der Waals surface area contributed by atoms with E-state index in [1.165, 1.54) is 0 Å². The van der Waals surface area contributed by atoms with Crippen molar-refractivity contribution in [1.82, 2.24) is 15.0 Å². The molecule has 1 aromatic carbocycles. The minimum absolute atomic E-state index is 0.119. The van der Waals surface area contributed by atoms with Crippen molar-refractivity contribution in [3.63, 3.8) is 0 Å². The first kappa shape index (κ1) is 15.9. The van der Waals surface area contributed by atoms with Crippen LogP contribution in [0, 0.1) is 13.8 Å². The number of para-hydroxylation sites is 1. The van der Waals surface area contributed by atoms with Gasteiger partial charge in [0.25, 0.3) is 5.91 Å². The molecule has 0 aliphatic carbocycles. The summed E-state index contributed by atoms with van der Waals surface area (Å²) in [6, 6.07) is 11.5. The molecule has 2 heterocycles. The summed E-state index contributed by atoms with van der Waals surface area (Å²) in [6.45, 7) is 4.08. The fourth-order valence-corrected chi connectivity index (χ4v) is 2.54. The molecule has 0 fully saturated rings. The van der Waals surface area contributed by atoms with E-state index in [1.54, 1.807) is 17.5 Å². The summed E-state index contributed by atoms with van der Waals surface area (Å²) in [5, 5.41) is 1.71. The highest BCUT2D eigenvalue weighted by Gasteiger charge is 2.17. The molecule has 2 aromatic heterocycles. The predicted molar refractivity (Wildman–Crippen MR) is 92.4 cm³/mol. The van der Waals surface area contributed by atoms with Crippen molar-refractivity contribution in [1.29, 1.82) is 0 Å². The number of hydrazine groups is 1. The number of furan rings is 1. The fourth-order valence-electron chi connectivity index (χ4n) is 2.54. The lowest BCUT2D eigenvalue weighted by Gasteiger charge is -2.21. The molecule has 24 heavy (non-hydrogen) atoms. The Morgan fingerprint density at radius 2 is 2.00 bits per heavy atom. The average molecular weight is 324 g/mol. The van der Waals surface area contributed by atoms with Crippen molar-refractivity contribution in [3.05, 3.63) is 60.3 Å². The first-order chi connectivity index (χ1) is 11.6. The second-order valence-corrected chi connectivity index (χ2v) is 5.63. The number of aromatic nitrogens is 2. The van der Waals surface area contributed by atoms with E-state index in [0.29, 0.717) is 0 Å². The predicted octanol–water partition coefficient (Wildman–Crippen LogP) is 2.93. The summed E-state index contributed by atoms with van der Waals surface area (Å²) >= 11 is 0. The van der Waals surface area contributed by atoms with Crippen molar-refractivity contribution in [2.24, 2.45) is 0 Å². The normalized spacial score (nSPS) is 10.6. The molecule has 3 rings (SSSR count). The van der Waals surface area contributed by atoms with Crippen molar-refractivity contribution >= 4 is 11.6 Å². The van der Waals surface area contributed by atoms with Gasteiger partial charge < -0.3 is 8.98 Å². The number of nitrogens with zero attached hydrogens (tertiary/aromatic N) is 3. The van der Waals surface area contributed by atoms with Crippen LogP contribution in [0.25, 0.3) is 11.4 Å². The van der Waals surface area contributed by atoms with Crippen LogP contribution in [0.15, 0.2) is 53.3 Å². The maximum absolute atomic E-state index is 12.5. The number of carbonyl (C=O) groups is 1. The second-order valence-electron chi connectivity index (χ2n) is 5.63. The molecule has 0 atom stereocenters. The second kappa shape index (κ2) is 6.62. The van der Waals surface area contributed by atoms with Crippen LogP contribution in [0.4, 0.5) is 5.69 Å². The number of amides is 1. The third kappa shape index (κ3) is 3.17. The van der Waals surface area contributed by atoms with E-state index in [-0.39, 0.29) is 12.5 Å². The Hall–Kier alpha value is -3.02. The highest BCUT2D eigenvalue weighted by Crippen LogP contribution is 2.22. The number of imidazole rings is 1. The minimum atomic E-state index is -0.119. The number of hydrogen-bond acceptors (Lipinski definition) is 4. The zero-order chi connectivity index (χ0) is 17.1. The fraction of sp³-hybridized carbons (Fsp3) is 0.222. The molecule has 124 valence electrons. The van der Waals surface area contributed by atoms with Gasteiger partial charge >= 0.3 is 0 Å². The van der Waals surface area contributed by atoms with Crippen LogP contribution < -0.4 is 10.4 Å². The lowest BCUT2D eigenvalue weighted by Crippen LogP contribution is -2.41. The molecule has 0 aliphatic heterocycles. The Morgan fingerprint density at radius 3 is 2.67 bits per heavy atom. The van der Waals surface area contributed by atoms with E-state index >= 15 is 0 Å². The standard InChI is InChI=1S/C18H20N4O2/c1-13-14(2)22(18(19-13)15-9-10-24-12-15)11-17(23)20-21(3)16-7-5-4-6-8-16/h4-10,12H,11H2,1-3H3,(H,20,23). The molecule has 6 nitrogen and oxygen atoms in total. The van der Waals surface area contributed by atoms with Gasteiger partial charge in [0.15, 0.2) is 0 Å². The number of benzene rings is 1. The molecule has 0 unspecified atom stereocenters. The molecule has 0 bridgehead atoms. The molecular formula is C18H20N4O2. The van der Waals surface area contributed by atoms with Crippen molar-refractivity contribution in [3.8, 4) is 11.4 Å². The molecule has 0 radical (unpaired) electrons. The monoisotopic (exact) mass is 324 g/mol. The van der Waals surface area contributed by atoms with Gasteiger partial charge in [0.2, 0.25) is 0 Å².